The summed E-state index contributed by atoms with van der Waals surface area (Å²) < 4.78 is 13.2. The molecule has 2 aromatic carbocycles. The summed E-state index contributed by atoms with van der Waals surface area (Å²) in [7, 11) is 0. The molecular weight excluding hydrogens is 267 g/mol. The molecule has 0 fully saturated rings. The number of hydrogen-bond acceptors (Lipinski definition) is 3. The van der Waals surface area contributed by atoms with Crippen LogP contribution < -0.4 is 5.32 Å². The number of rotatable bonds is 3. The Morgan fingerprint density at radius 1 is 1.21 bits per heavy atom. The van der Waals surface area contributed by atoms with Crippen LogP contribution in [0.3, 0.4) is 0 Å². The molecule has 0 aliphatic heterocycles. The third-order valence-electron chi connectivity index (χ3n) is 2.52. The summed E-state index contributed by atoms with van der Waals surface area (Å²) in [6.45, 7) is 0. The Kier molecular flexibility index (Phi) is 3.88. The SMILES string of the molecule is N#CC(Nc1ccc(Cl)cc1)c1cc(O)cc(F)c1. The molecule has 0 heterocycles. The quantitative estimate of drug-likeness (QED) is 0.895. The molecule has 0 spiro atoms. The number of benzene rings is 2. The molecule has 0 saturated carbocycles. The van der Waals surface area contributed by atoms with Gasteiger partial charge in [0.1, 0.15) is 17.6 Å². The van der Waals surface area contributed by atoms with Crippen molar-refractivity contribution in [3.8, 4) is 11.8 Å². The number of nitrogens with one attached hydrogen (secondary N) is 1. The summed E-state index contributed by atoms with van der Waals surface area (Å²) in [6, 6.07) is 11.6. The van der Waals surface area contributed by atoms with E-state index in [0.29, 0.717) is 16.3 Å². The highest BCUT2D eigenvalue weighted by atomic mass is 35.5. The highest BCUT2D eigenvalue weighted by molar-refractivity contribution is 6.30. The Hall–Kier alpha value is -2.25. The Balaban J connectivity index is 2.25. The van der Waals surface area contributed by atoms with Gasteiger partial charge in [0.15, 0.2) is 0 Å². The van der Waals surface area contributed by atoms with Crippen LogP contribution in [0.4, 0.5) is 10.1 Å². The zero-order chi connectivity index (χ0) is 13.8. The van der Waals surface area contributed by atoms with Gasteiger partial charge in [-0.15, -0.1) is 0 Å². The lowest BCUT2D eigenvalue weighted by Gasteiger charge is -2.13. The number of nitrogens with zero attached hydrogens (tertiary/aromatic N) is 1. The maximum absolute atomic E-state index is 13.2. The Morgan fingerprint density at radius 2 is 1.89 bits per heavy atom. The lowest BCUT2D eigenvalue weighted by atomic mass is 10.1. The molecule has 1 unspecified atom stereocenters. The molecule has 19 heavy (non-hydrogen) atoms. The molecule has 0 aliphatic carbocycles. The predicted molar refractivity (Wildman–Crippen MR) is 71.5 cm³/mol. The topological polar surface area (TPSA) is 56.0 Å². The minimum atomic E-state index is -0.761. The van der Waals surface area contributed by atoms with Crippen LogP contribution in [0.15, 0.2) is 42.5 Å². The molecular formula is C14H10ClFN2O. The van der Waals surface area contributed by atoms with E-state index >= 15 is 0 Å². The van der Waals surface area contributed by atoms with E-state index < -0.39 is 11.9 Å². The van der Waals surface area contributed by atoms with Gasteiger partial charge in [-0.05, 0) is 42.0 Å². The number of phenolic OH excluding ortho intramolecular Hbond substituents is 1. The fraction of sp³-hybridized carbons (Fsp3) is 0.0714. The second kappa shape index (κ2) is 5.59. The van der Waals surface area contributed by atoms with Gasteiger partial charge >= 0.3 is 0 Å². The van der Waals surface area contributed by atoms with E-state index in [1.165, 1.54) is 12.1 Å². The maximum Gasteiger partial charge on any atom is 0.140 e. The second-order valence-corrected chi connectivity index (χ2v) is 4.39. The highest BCUT2D eigenvalue weighted by Gasteiger charge is 2.12. The third kappa shape index (κ3) is 3.36. The van der Waals surface area contributed by atoms with Crippen LogP contribution in [0.1, 0.15) is 11.6 Å². The van der Waals surface area contributed by atoms with Crippen molar-refractivity contribution in [2.75, 3.05) is 5.32 Å². The van der Waals surface area contributed by atoms with Crippen molar-refractivity contribution in [3.63, 3.8) is 0 Å². The standard InChI is InChI=1S/C14H10ClFN2O/c15-10-1-3-12(4-2-10)18-14(8-17)9-5-11(16)7-13(19)6-9/h1-7,14,18-19H. The fourth-order valence-corrected chi connectivity index (χ4v) is 1.79. The summed E-state index contributed by atoms with van der Waals surface area (Å²) in [4.78, 5) is 0. The van der Waals surface area contributed by atoms with Crippen LogP contribution in [0, 0.1) is 17.1 Å². The van der Waals surface area contributed by atoms with Gasteiger partial charge in [0.25, 0.3) is 0 Å². The number of phenols is 1. The zero-order valence-electron chi connectivity index (χ0n) is 9.77. The molecule has 2 N–H and O–H groups in total. The molecule has 0 amide bonds. The van der Waals surface area contributed by atoms with Crippen molar-refractivity contribution in [1.29, 1.82) is 5.26 Å². The van der Waals surface area contributed by atoms with Gasteiger partial charge in [-0.2, -0.15) is 5.26 Å². The van der Waals surface area contributed by atoms with Crippen LogP contribution in [0.2, 0.25) is 5.02 Å². The first-order valence-electron chi connectivity index (χ1n) is 5.49. The van der Waals surface area contributed by atoms with Crippen molar-refractivity contribution in [2.24, 2.45) is 0 Å². The molecule has 1 atom stereocenters. The average molecular weight is 277 g/mol. The van der Waals surface area contributed by atoms with E-state index in [9.17, 15) is 9.50 Å². The van der Waals surface area contributed by atoms with Crippen molar-refractivity contribution < 1.29 is 9.50 Å². The van der Waals surface area contributed by atoms with Crippen molar-refractivity contribution in [2.45, 2.75) is 6.04 Å². The van der Waals surface area contributed by atoms with Crippen LogP contribution >= 0.6 is 11.6 Å². The summed E-state index contributed by atoms with van der Waals surface area (Å²) in [6.07, 6.45) is 0. The normalized spacial score (nSPS) is 11.6. The molecule has 2 aromatic rings. The minimum Gasteiger partial charge on any atom is -0.508 e. The number of anilines is 1. The molecule has 3 nitrogen and oxygen atoms in total. The first kappa shape index (κ1) is 13.2. The molecule has 5 heteroatoms. The molecule has 0 radical (unpaired) electrons. The fourth-order valence-electron chi connectivity index (χ4n) is 1.67. The Bertz CT molecular complexity index is 602. The molecule has 0 saturated heterocycles. The van der Waals surface area contributed by atoms with E-state index in [2.05, 4.69) is 5.32 Å². The van der Waals surface area contributed by atoms with E-state index in [-0.39, 0.29) is 5.75 Å². The summed E-state index contributed by atoms with van der Waals surface area (Å²) in [5.74, 6) is -0.804. The average Bonchev–Trinajstić information content (AvgIpc) is 2.37. The van der Waals surface area contributed by atoms with E-state index in [4.69, 9.17) is 16.9 Å². The monoisotopic (exact) mass is 276 g/mol. The van der Waals surface area contributed by atoms with Gasteiger partial charge in [0, 0.05) is 16.8 Å². The van der Waals surface area contributed by atoms with Gasteiger partial charge < -0.3 is 10.4 Å². The predicted octanol–water partition coefficient (Wildman–Crippen LogP) is 3.86. The number of hydrogen-bond donors (Lipinski definition) is 2. The number of nitriles is 1. The van der Waals surface area contributed by atoms with Gasteiger partial charge in [-0.25, -0.2) is 4.39 Å². The second-order valence-electron chi connectivity index (χ2n) is 3.96. The van der Waals surface area contributed by atoms with Gasteiger partial charge in [0.2, 0.25) is 0 Å². The number of aromatic hydroxyl groups is 1. The highest BCUT2D eigenvalue weighted by Crippen LogP contribution is 2.24. The summed E-state index contributed by atoms with van der Waals surface area (Å²) in [5, 5.41) is 22.0. The lowest BCUT2D eigenvalue weighted by Crippen LogP contribution is -2.08. The molecule has 2 rings (SSSR count). The molecule has 0 aliphatic rings. The van der Waals surface area contributed by atoms with E-state index in [1.807, 2.05) is 6.07 Å². The summed E-state index contributed by atoms with van der Waals surface area (Å²) in [5.41, 5.74) is 1.04. The third-order valence-corrected chi connectivity index (χ3v) is 2.77. The molecule has 0 aromatic heterocycles. The van der Waals surface area contributed by atoms with Crippen LogP contribution in [-0.2, 0) is 0 Å². The van der Waals surface area contributed by atoms with Crippen LogP contribution in [0.25, 0.3) is 0 Å². The zero-order valence-corrected chi connectivity index (χ0v) is 10.5. The maximum atomic E-state index is 13.2. The first-order valence-corrected chi connectivity index (χ1v) is 5.87. The molecule has 0 bridgehead atoms. The van der Waals surface area contributed by atoms with Gasteiger partial charge in [-0.1, -0.05) is 11.6 Å². The first-order chi connectivity index (χ1) is 9.08. The number of halogens is 2. The summed E-state index contributed by atoms with van der Waals surface area (Å²) >= 11 is 5.77. The van der Waals surface area contributed by atoms with Crippen LogP contribution in [0.5, 0.6) is 5.75 Å². The Labute approximate surface area is 114 Å². The lowest BCUT2D eigenvalue weighted by molar-refractivity contribution is 0.468. The smallest absolute Gasteiger partial charge is 0.140 e. The van der Waals surface area contributed by atoms with Gasteiger partial charge in [0.05, 0.1) is 6.07 Å². The van der Waals surface area contributed by atoms with E-state index in [0.717, 1.165) is 6.07 Å². The largest absolute Gasteiger partial charge is 0.508 e. The van der Waals surface area contributed by atoms with E-state index in [1.54, 1.807) is 24.3 Å². The van der Waals surface area contributed by atoms with Crippen molar-refractivity contribution in [1.82, 2.24) is 0 Å². The molecule has 96 valence electrons. The van der Waals surface area contributed by atoms with Crippen molar-refractivity contribution in [3.05, 3.63) is 58.9 Å². The van der Waals surface area contributed by atoms with Crippen LogP contribution in [-0.4, -0.2) is 5.11 Å². The van der Waals surface area contributed by atoms with Gasteiger partial charge in [-0.3, -0.25) is 0 Å². The van der Waals surface area contributed by atoms with Crippen molar-refractivity contribution >= 4 is 17.3 Å². The Morgan fingerprint density at radius 3 is 2.47 bits per heavy atom. The minimum absolute atomic E-state index is 0.215.